The third-order valence-electron chi connectivity index (χ3n) is 5.39. The van der Waals surface area contributed by atoms with Gasteiger partial charge in [0, 0.05) is 18.5 Å². The lowest BCUT2D eigenvalue weighted by Crippen LogP contribution is -3.12. The van der Waals surface area contributed by atoms with Crippen molar-refractivity contribution in [1.29, 1.82) is 0 Å². The van der Waals surface area contributed by atoms with Crippen LogP contribution < -0.4 is 31.5 Å². The van der Waals surface area contributed by atoms with E-state index in [1.54, 1.807) is 12.1 Å². The maximum atomic E-state index is 13.1. The number of carbonyl (C=O) groups is 2. The first kappa shape index (κ1) is 25.0. The molecular weight excluding hydrogens is 440 g/mol. The van der Waals surface area contributed by atoms with Gasteiger partial charge in [-0.1, -0.05) is 6.07 Å². The summed E-state index contributed by atoms with van der Waals surface area (Å²) in [4.78, 5) is 29.4. The van der Waals surface area contributed by atoms with Gasteiger partial charge < -0.3 is 36.4 Å². The number of nitrogens with one attached hydrogen (secondary N) is 1. The minimum absolute atomic E-state index is 0. The van der Waals surface area contributed by atoms with Crippen molar-refractivity contribution >= 4 is 23.0 Å². The Hall–Kier alpha value is -2.29. The topological polar surface area (TPSA) is 69.5 Å². The number of ketones is 1. The van der Waals surface area contributed by atoms with E-state index in [2.05, 4.69) is 0 Å². The van der Waals surface area contributed by atoms with E-state index in [4.69, 9.17) is 14.2 Å². The standard InChI is InChI=1S/C22H28N2O5S.ClH/c1-27-18-14-16(15-19(28-2)21(18)29-3)22(26)24-9-5-8-23(11-12-24)10-7-17(25)20-6-4-13-30-20;/h4,6,13-15H,5,7-12H2,1-3H3;1H. The Morgan fingerprint density at radius 3 is 2.35 bits per heavy atom. The number of ether oxygens (including phenoxy) is 3. The third kappa shape index (κ3) is 6.12. The van der Waals surface area contributed by atoms with Gasteiger partial charge in [-0.3, -0.25) is 9.59 Å². The minimum Gasteiger partial charge on any atom is -1.00 e. The van der Waals surface area contributed by atoms with Crippen LogP contribution in [0, 0.1) is 0 Å². The van der Waals surface area contributed by atoms with Crippen molar-refractivity contribution in [3.63, 3.8) is 0 Å². The number of rotatable bonds is 8. The zero-order valence-electron chi connectivity index (χ0n) is 18.1. The lowest BCUT2D eigenvalue weighted by atomic mass is 10.1. The molecule has 1 aliphatic rings. The van der Waals surface area contributed by atoms with Gasteiger partial charge in [-0.05, 0) is 23.6 Å². The molecule has 170 valence electrons. The Labute approximate surface area is 193 Å². The number of Topliss-reactive ketones (excluding diaryl/α,β-unsaturated/α-hetero) is 1. The van der Waals surface area contributed by atoms with E-state index in [9.17, 15) is 9.59 Å². The molecule has 9 heteroatoms. The SMILES string of the molecule is COc1cc(C(=O)N2CCC[NH+](CCC(=O)c3cccs3)CC2)cc(OC)c1OC.[Cl-]. The molecule has 1 atom stereocenters. The van der Waals surface area contributed by atoms with E-state index >= 15 is 0 Å². The number of halogens is 1. The number of carbonyl (C=O) groups excluding carboxylic acids is 2. The average molecular weight is 469 g/mol. The normalized spacial score (nSPS) is 16.1. The molecule has 1 amide bonds. The molecule has 1 unspecified atom stereocenters. The molecule has 1 aliphatic heterocycles. The Kier molecular flexibility index (Phi) is 9.61. The van der Waals surface area contributed by atoms with Gasteiger partial charge in [0.2, 0.25) is 5.75 Å². The van der Waals surface area contributed by atoms with E-state index in [-0.39, 0.29) is 24.1 Å². The van der Waals surface area contributed by atoms with Crippen LogP contribution in [-0.4, -0.2) is 70.6 Å². The largest absolute Gasteiger partial charge is 1.00 e. The van der Waals surface area contributed by atoms with E-state index in [0.717, 1.165) is 30.9 Å². The van der Waals surface area contributed by atoms with Crippen LogP contribution in [0.25, 0.3) is 0 Å². The van der Waals surface area contributed by atoms with Crippen molar-refractivity contribution in [3.05, 3.63) is 40.1 Å². The van der Waals surface area contributed by atoms with Crippen molar-refractivity contribution in [2.45, 2.75) is 12.8 Å². The lowest BCUT2D eigenvalue weighted by Gasteiger charge is -2.21. The van der Waals surface area contributed by atoms with Crippen LogP contribution in [0.15, 0.2) is 29.6 Å². The molecule has 0 aliphatic carbocycles. The van der Waals surface area contributed by atoms with Gasteiger partial charge in [0.15, 0.2) is 17.3 Å². The average Bonchev–Trinajstić information content (AvgIpc) is 3.22. The fourth-order valence-electron chi connectivity index (χ4n) is 3.74. The Bertz CT molecular complexity index is 850. The molecule has 1 N–H and O–H groups in total. The summed E-state index contributed by atoms with van der Waals surface area (Å²) in [5, 5.41) is 1.93. The smallest absolute Gasteiger partial charge is 0.254 e. The van der Waals surface area contributed by atoms with Gasteiger partial charge in [-0.2, -0.15) is 0 Å². The molecule has 1 fully saturated rings. The number of nitrogens with zero attached hydrogens (tertiary/aromatic N) is 1. The Balaban J connectivity index is 0.00000341. The predicted octanol–water partition coefficient (Wildman–Crippen LogP) is -1.22. The van der Waals surface area contributed by atoms with Gasteiger partial charge in [-0.15, -0.1) is 11.3 Å². The fraction of sp³-hybridized carbons (Fsp3) is 0.455. The van der Waals surface area contributed by atoms with E-state index < -0.39 is 0 Å². The maximum Gasteiger partial charge on any atom is 0.254 e. The van der Waals surface area contributed by atoms with Gasteiger partial charge in [-0.25, -0.2) is 0 Å². The van der Waals surface area contributed by atoms with Crippen LogP contribution >= 0.6 is 11.3 Å². The van der Waals surface area contributed by atoms with Crippen molar-refractivity contribution < 1.29 is 41.1 Å². The molecule has 3 rings (SSSR count). The molecule has 7 nitrogen and oxygen atoms in total. The van der Waals surface area contributed by atoms with E-state index in [0.29, 0.717) is 42.3 Å². The van der Waals surface area contributed by atoms with Gasteiger partial charge in [0.25, 0.3) is 5.91 Å². The predicted molar refractivity (Wildman–Crippen MR) is 115 cm³/mol. The molecule has 0 radical (unpaired) electrons. The van der Waals surface area contributed by atoms with Crippen LogP contribution in [0.4, 0.5) is 0 Å². The number of hydrogen-bond acceptors (Lipinski definition) is 6. The van der Waals surface area contributed by atoms with E-state index in [1.165, 1.54) is 37.6 Å². The summed E-state index contributed by atoms with van der Waals surface area (Å²) >= 11 is 1.49. The number of thiophene rings is 1. The van der Waals surface area contributed by atoms with Crippen LogP contribution in [0.5, 0.6) is 17.2 Å². The highest BCUT2D eigenvalue weighted by Gasteiger charge is 2.25. The zero-order valence-corrected chi connectivity index (χ0v) is 19.7. The number of amides is 1. The second-order valence-electron chi connectivity index (χ2n) is 7.21. The molecule has 1 aromatic heterocycles. The summed E-state index contributed by atoms with van der Waals surface area (Å²) < 4.78 is 16.1. The summed E-state index contributed by atoms with van der Waals surface area (Å²) in [7, 11) is 4.61. The lowest BCUT2D eigenvalue weighted by molar-refractivity contribution is -0.897. The van der Waals surface area contributed by atoms with Crippen LogP contribution in [0.2, 0.25) is 0 Å². The molecule has 2 aromatic rings. The molecule has 0 bridgehead atoms. The van der Waals surface area contributed by atoms with Gasteiger partial charge in [0.1, 0.15) is 0 Å². The summed E-state index contributed by atoms with van der Waals surface area (Å²) in [5.41, 5.74) is 0.515. The second-order valence-corrected chi connectivity index (χ2v) is 8.16. The molecule has 31 heavy (non-hydrogen) atoms. The van der Waals surface area contributed by atoms with Crippen LogP contribution in [0.1, 0.15) is 32.9 Å². The summed E-state index contributed by atoms with van der Waals surface area (Å²) in [5.74, 6) is 1.56. The molecular formula is C22H29ClN2O5S. The van der Waals surface area contributed by atoms with Gasteiger partial charge in [0.05, 0.1) is 58.8 Å². The Morgan fingerprint density at radius 1 is 1.06 bits per heavy atom. The third-order valence-corrected chi connectivity index (χ3v) is 6.31. The second kappa shape index (κ2) is 11.9. The number of benzene rings is 1. The highest BCUT2D eigenvalue weighted by molar-refractivity contribution is 7.12. The zero-order chi connectivity index (χ0) is 21.5. The summed E-state index contributed by atoms with van der Waals surface area (Å²) in [6.07, 6.45) is 1.44. The van der Waals surface area contributed by atoms with E-state index in [1.807, 2.05) is 22.4 Å². The highest BCUT2D eigenvalue weighted by atomic mass is 35.5. The summed E-state index contributed by atoms with van der Waals surface area (Å²) in [6.45, 7) is 3.92. The fourth-order valence-corrected chi connectivity index (χ4v) is 4.44. The van der Waals surface area contributed by atoms with Gasteiger partial charge >= 0.3 is 0 Å². The molecule has 1 aromatic carbocycles. The maximum absolute atomic E-state index is 13.1. The number of hydrogen-bond donors (Lipinski definition) is 1. The molecule has 0 saturated carbocycles. The first-order chi connectivity index (χ1) is 14.6. The number of methoxy groups -OCH3 is 3. The van der Waals surface area contributed by atoms with Crippen LogP contribution in [0.3, 0.4) is 0 Å². The first-order valence-electron chi connectivity index (χ1n) is 10.1. The molecule has 1 saturated heterocycles. The molecule has 0 spiro atoms. The highest BCUT2D eigenvalue weighted by Crippen LogP contribution is 2.38. The van der Waals surface area contributed by atoms with Crippen molar-refractivity contribution in [2.24, 2.45) is 0 Å². The van der Waals surface area contributed by atoms with Crippen molar-refractivity contribution in [3.8, 4) is 17.2 Å². The summed E-state index contributed by atoms with van der Waals surface area (Å²) in [6, 6.07) is 7.17. The minimum atomic E-state index is -0.0508. The quantitative estimate of drug-likeness (QED) is 0.492. The van der Waals surface area contributed by atoms with Crippen LogP contribution in [-0.2, 0) is 0 Å². The van der Waals surface area contributed by atoms with Crippen molar-refractivity contribution in [1.82, 2.24) is 4.90 Å². The van der Waals surface area contributed by atoms with Crippen molar-refractivity contribution in [2.75, 3.05) is 54.1 Å². The monoisotopic (exact) mass is 468 g/mol. The first-order valence-corrected chi connectivity index (χ1v) is 10.9. The molecule has 2 heterocycles. The number of quaternary nitrogens is 1. The Morgan fingerprint density at radius 2 is 1.77 bits per heavy atom.